The summed E-state index contributed by atoms with van der Waals surface area (Å²) in [5.74, 6) is 0.804. The van der Waals surface area contributed by atoms with E-state index in [1.54, 1.807) is 25.6 Å². The molecule has 10 nitrogen and oxygen atoms in total. The molecule has 1 fully saturated rings. The number of Topliss-reactive ketones (excluding diaryl/α,β-unsaturated/α-hetero) is 1. The number of hydrogen-bond acceptors (Lipinski definition) is 8. The van der Waals surface area contributed by atoms with Crippen molar-refractivity contribution in [2.45, 2.75) is 44.6 Å². The topological polar surface area (TPSA) is 117 Å². The molecule has 1 N–H and O–H groups in total. The molecule has 1 amide bonds. The van der Waals surface area contributed by atoms with E-state index in [-0.39, 0.29) is 24.7 Å². The minimum atomic E-state index is -0.944. The Labute approximate surface area is 286 Å². The van der Waals surface area contributed by atoms with Crippen molar-refractivity contribution in [2.24, 2.45) is 0 Å². The van der Waals surface area contributed by atoms with E-state index in [1.807, 2.05) is 41.4 Å². The SMILES string of the molecule is CCCc1cc(-c2n[nH]c3ccc(CC(=O)[C@]4(OC)CCN(CC(=O)N5CC=C(c6ccc(-c7ncccn7)cc6)CC5)C4)cc23)ccn1. The molecule has 2 aliphatic rings. The van der Waals surface area contributed by atoms with Gasteiger partial charge in [-0.3, -0.25) is 24.6 Å². The van der Waals surface area contributed by atoms with Crippen LogP contribution in [0.15, 0.2) is 85.3 Å². The third-order valence-corrected chi connectivity index (χ3v) is 9.80. The molecule has 5 aromatic rings. The van der Waals surface area contributed by atoms with Crippen molar-refractivity contribution < 1.29 is 14.3 Å². The third-order valence-electron chi connectivity index (χ3n) is 9.80. The molecular weight excluding hydrogens is 614 g/mol. The number of nitrogens with one attached hydrogen (secondary N) is 1. The molecule has 5 heterocycles. The Hall–Kier alpha value is -5.06. The highest BCUT2D eigenvalue weighted by Gasteiger charge is 2.45. The summed E-state index contributed by atoms with van der Waals surface area (Å²) in [4.78, 5) is 44.3. The summed E-state index contributed by atoms with van der Waals surface area (Å²) in [5, 5.41) is 8.70. The Morgan fingerprint density at radius 3 is 2.51 bits per heavy atom. The van der Waals surface area contributed by atoms with Crippen LogP contribution in [0.1, 0.15) is 43.0 Å². The average molecular weight is 656 g/mol. The van der Waals surface area contributed by atoms with E-state index >= 15 is 0 Å². The lowest BCUT2D eigenvalue weighted by molar-refractivity contribution is -0.140. The average Bonchev–Trinajstić information content (AvgIpc) is 3.77. The van der Waals surface area contributed by atoms with E-state index in [2.05, 4.69) is 67.3 Å². The number of hydrogen-bond donors (Lipinski definition) is 1. The lowest BCUT2D eigenvalue weighted by Gasteiger charge is -2.30. The van der Waals surface area contributed by atoms with Gasteiger partial charge in [0.2, 0.25) is 5.91 Å². The Bertz CT molecular complexity index is 1990. The first-order valence-electron chi connectivity index (χ1n) is 17.0. The van der Waals surface area contributed by atoms with Crippen molar-refractivity contribution >= 4 is 28.2 Å². The first-order valence-corrected chi connectivity index (χ1v) is 17.0. The van der Waals surface area contributed by atoms with Crippen molar-refractivity contribution in [3.63, 3.8) is 0 Å². The fourth-order valence-electron chi connectivity index (χ4n) is 6.99. The molecule has 49 heavy (non-hydrogen) atoms. The molecule has 10 heteroatoms. The number of aromatic amines is 1. The van der Waals surface area contributed by atoms with Gasteiger partial charge in [-0.15, -0.1) is 0 Å². The van der Waals surface area contributed by atoms with Crippen LogP contribution in [-0.2, 0) is 27.2 Å². The molecule has 0 radical (unpaired) electrons. The molecule has 1 atom stereocenters. The number of carbonyl (C=O) groups is 2. The van der Waals surface area contributed by atoms with Crippen LogP contribution in [0.5, 0.6) is 0 Å². The van der Waals surface area contributed by atoms with Gasteiger partial charge >= 0.3 is 0 Å². The standard InChI is InChI=1S/C39H41N7O3/c1-3-5-32-24-31(12-18-40-32)37-33-22-27(6-11-34(33)43-44-37)23-35(47)39(49-2)15-21-45(26-39)25-36(48)46-19-13-29(14-20-46)28-7-9-30(10-8-28)38-41-16-4-17-42-38/h4,6-13,16-18,22,24H,3,5,14-15,19-21,23,25-26H2,1-2H3,(H,43,44)/t39-/m0/s1. The second kappa shape index (κ2) is 14.2. The highest BCUT2D eigenvalue weighted by atomic mass is 16.5. The smallest absolute Gasteiger partial charge is 0.237 e. The third kappa shape index (κ3) is 6.93. The molecular formula is C39H41N7O3. The predicted molar refractivity (Wildman–Crippen MR) is 189 cm³/mol. The molecule has 1 saturated heterocycles. The van der Waals surface area contributed by atoms with E-state index in [0.717, 1.165) is 63.8 Å². The van der Waals surface area contributed by atoms with E-state index in [0.29, 0.717) is 38.4 Å². The van der Waals surface area contributed by atoms with Crippen LogP contribution in [0.2, 0.25) is 0 Å². The quantitative estimate of drug-likeness (QED) is 0.197. The van der Waals surface area contributed by atoms with Gasteiger partial charge in [0.25, 0.3) is 0 Å². The highest BCUT2D eigenvalue weighted by molar-refractivity contribution is 5.95. The summed E-state index contributed by atoms with van der Waals surface area (Å²) >= 11 is 0. The fourth-order valence-corrected chi connectivity index (χ4v) is 6.99. The molecule has 0 bridgehead atoms. The Morgan fingerprint density at radius 1 is 0.939 bits per heavy atom. The summed E-state index contributed by atoms with van der Waals surface area (Å²) in [5.41, 5.74) is 7.14. The number of H-pyrrole nitrogens is 1. The second-order valence-electron chi connectivity index (χ2n) is 13.0. The number of methoxy groups -OCH3 is 1. The lowest BCUT2D eigenvalue weighted by Crippen LogP contribution is -2.46. The number of nitrogens with zero attached hydrogens (tertiary/aromatic N) is 6. The van der Waals surface area contributed by atoms with Gasteiger partial charge in [-0.2, -0.15) is 5.10 Å². The van der Waals surface area contributed by atoms with Gasteiger partial charge in [-0.1, -0.05) is 49.8 Å². The summed E-state index contributed by atoms with van der Waals surface area (Å²) < 4.78 is 5.93. The predicted octanol–water partition coefficient (Wildman–Crippen LogP) is 5.55. The molecule has 250 valence electrons. The van der Waals surface area contributed by atoms with Gasteiger partial charge in [0.05, 0.1) is 12.1 Å². The zero-order valence-corrected chi connectivity index (χ0v) is 28.1. The molecule has 0 spiro atoms. The van der Waals surface area contributed by atoms with Crippen molar-refractivity contribution in [3.05, 3.63) is 102 Å². The largest absolute Gasteiger partial charge is 0.369 e. The molecule has 2 aliphatic heterocycles. The number of rotatable bonds is 11. The number of ether oxygens (including phenoxy) is 1. The second-order valence-corrected chi connectivity index (χ2v) is 13.0. The molecule has 0 unspecified atom stereocenters. The zero-order chi connectivity index (χ0) is 33.8. The molecule has 0 saturated carbocycles. The number of aryl methyl sites for hydroxylation is 1. The number of likely N-dealkylation sites (tertiary alicyclic amines) is 1. The summed E-state index contributed by atoms with van der Waals surface area (Å²) in [6, 6.07) is 20.1. The summed E-state index contributed by atoms with van der Waals surface area (Å²) in [7, 11) is 1.61. The van der Waals surface area contributed by atoms with Crippen LogP contribution in [0.3, 0.4) is 0 Å². The lowest BCUT2D eigenvalue weighted by atomic mass is 9.91. The van der Waals surface area contributed by atoms with E-state index < -0.39 is 5.60 Å². The van der Waals surface area contributed by atoms with E-state index in [4.69, 9.17) is 4.74 Å². The number of carbonyl (C=O) groups excluding carboxylic acids is 2. The van der Waals surface area contributed by atoms with Crippen molar-refractivity contribution in [2.75, 3.05) is 39.8 Å². The maximum absolute atomic E-state index is 13.8. The monoisotopic (exact) mass is 655 g/mol. The fraction of sp³-hybridized carbons (Fsp3) is 0.333. The van der Waals surface area contributed by atoms with Crippen LogP contribution >= 0.6 is 0 Å². The van der Waals surface area contributed by atoms with Crippen LogP contribution < -0.4 is 0 Å². The maximum atomic E-state index is 13.8. The van der Waals surface area contributed by atoms with Crippen LogP contribution in [0.25, 0.3) is 39.1 Å². The minimum absolute atomic E-state index is 0.0267. The summed E-state index contributed by atoms with van der Waals surface area (Å²) in [6.45, 7) is 4.67. The van der Waals surface area contributed by atoms with Gasteiger partial charge in [-0.25, -0.2) is 9.97 Å². The van der Waals surface area contributed by atoms with Gasteiger partial charge in [0.1, 0.15) is 11.3 Å². The Kier molecular flexibility index (Phi) is 9.41. The van der Waals surface area contributed by atoms with Crippen molar-refractivity contribution in [3.8, 4) is 22.6 Å². The minimum Gasteiger partial charge on any atom is -0.369 e. The zero-order valence-electron chi connectivity index (χ0n) is 28.1. The maximum Gasteiger partial charge on any atom is 0.237 e. The summed E-state index contributed by atoms with van der Waals surface area (Å²) in [6.07, 6.45) is 11.0. The number of pyridine rings is 1. The number of fused-ring (bicyclic) bond motifs is 1. The normalized spacial score (nSPS) is 18.2. The van der Waals surface area contributed by atoms with E-state index in [1.165, 1.54) is 5.57 Å². The highest BCUT2D eigenvalue weighted by Crippen LogP contribution is 2.31. The van der Waals surface area contributed by atoms with Gasteiger partial charge in [0.15, 0.2) is 11.6 Å². The Balaban J connectivity index is 0.963. The molecule has 0 aliphatic carbocycles. The van der Waals surface area contributed by atoms with Crippen LogP contribution in [0.4, 0.5) is 0 Å². The first kappa shape index (κ1) is 32.5. The van der Waals surface area contributed by atoms with Crippen LogP contribution in [0, 0.1) is 0 Å². The first-order chi connectivity index (χ1) is 23.9. The number of benzene rings is 2. The number of ketones is 1. The van der Waals surface area contributed by atoms with Crippen LogP contribution in [-0.4, -0.2) is 92.1 Å². The van der Waals surface area contributed by atoms with Crippen molar-refractivity contribution in [1.29, 1.82) is 0 Å². The number of aromatic nitrogens is 5. The van der Waals surface area contributed by atoms with Gasteiger partial charge < -0.3 is 9.64 Å². The molecule has 7 rings (SSSR count). The Morgan fingerprint density at radius 2 is 1.76 bits per heavy atom. The van der Waals surface area contributed by atoms with E-state index in [9.17, 15) is 9.59 Å². The molecule has 3 aromatic heterocycles. The van der Waals surface area contributed by atoms with Gasteiger partial charge in [-0.05, 0) is 66.3 Å². The van der Waals surface area contributed by atoms with Crippen molar-refractivity contribution in [1.82, 2.24) is 34.9 Å². The molecule has 2 aromatic carbocycles. The van der Waals surface area contributed by atoms with Gasteiger partial charge in [0, 0.05) is 80.5 Å². The number of amides is 1.